The average molecular weight is 485 g/mol. The molecule has 0 saturated heterocycles. The first kappa shape index (κ1) is 23.0. The molecule has 0 atom stereocenters. The molecule has 170 valence electrons. The Labute approximate surface area is 199 Å². The number of methoxy groups -OCH3 is 1. The van der Waals surface area contributed by atoms with Crippen molar-refractivity contribution < 1.29 is 13.9 Å². The van der Waals surface area contributed by atoms with E-state index in [0.29, 0.717) is 45.5 Å². The van der Waals surface area contributed by atoms with Gasteiger partial charge in [-0.3, -0.25) is 4.79 Å². The summed E-state index contributed by atoms with van der Waals surface area (Å²) >= 11 is 7.43. The Kier molecular flexibility index (Phi) is 6.53. The van der Waals surface area contributed by atoms with Gasteiger partial charge in [-0.2, -0.15) is 4.98 Å². The highest BCUT2D eigenvalue weighted by Crippen LogP contribution is 2.29. The second kappa shape index (κ2) is 9.36. The van der Waals surface area contributed by atoms with Gasteiger partial charge in [0.25, 0.3) is 5.56 Å². The van der Waals surface area contributed by atoms with Crippen molar-refractivity contribution in [3.8, 4) is 11.5 Å². The van der Waals surface area contributed by atoms with Gasteiger partial charge in [0.1, 0.15) is 11.4 Å². The third-order valence-electron chi connectivity index (χ3n) is 5.05. The fraction of sp³-hybridized carbons (Fsp3) is 0.261. The van der Waals surface area contributed by atoms with Gasteiger partial charge >= 0.3 is 5.97 Å². The molecule has 10 heteroatoms. The standard InChI is InChI=1S/C23H21ClN4O4S/c1-5-28-19-18(16(22(30)31-4)9-12(2)25-19)20(29)27-23(28)33-11-17-13(3)32-21(26-17)14-7-6-8-15(24)10-14/h6-10H,5,11H2,1-4H3. The summed E-state index contributed by atoms with van der Waals surface area (Å²) in [7, 11) is 1.28. The zero-order valence-electron chi connectivity index (χ0n) is 18.5. The number of aromatic nitrogens is 4. The molecule has 0 unspecified atom stereocenters. The van der Waals surface area contributed by atoms with Gasteiger partial charge in [0.2, 0.25) is 5.89 Å². The minimum Gasteiger partial charge on any atom is -0.465 e. The fourth-order valence-electron chi connectivity index (χ4n) is 3.46. The van der Waals surface area contributed by atoms with E-state index in [2.05, 4.69) is 15.0 Å². The van der Waals surface area contributed by atoms with Crippen LogP contribution in [0.2, 0.25) is 5.02 Å². The number of hydrogen-bond acceptors (Lipinski definition) is 8. The molecular formula is C23H21ClN4O4S. The number of carbonyl (C=O) groups excluding carboxylic acids is 1. The summed E-state index contributed by atoms with van der Waals surface area (Å²) < 4.78 is 12.5. The normalized spacial score (nSPS) is 11.2. The van der Waals surface area contributed by atoms with Crippen molar-refractivity contribution in [3.05, 3.63) is 68.4 Å². The largest absolute Gasteiger partial charge is 0.465 e. The Bertz CT molecular complexity index is 1430. The number of pyridine rings is 1. The van der Waals surface area contributed by atoms with Gasteiger partial charge in [-0.25, -0.2) is 14.8 Å². The van der Waals surface area contributed by atoms with Crippen LogP contribution in [0.25, 0.3) is 22.5 Å². The number of hydrogen-bond donors (Lipinski definition) is 0. The van der Waals surface area contributed by atoms with E-state index in [-0.39, 0.29) is 10.9 Å². The summed E-state index contributed by atoms with van der Waals surface area (Å²) in [6.45, 7) is 6.04. The van der Waals surface area contributed by atoms with Gasteiger partial charge in [0.05, 0.1) is 23.8 Å². The summed E-state index contributed by atoms with van der Waals surface area (Å²) in [5.41, 5.74) is 2.16. The van der Waals surface area contributed by atoms with Crippen LogP contribution in [0.3, 0.4) is 0 Å². The second-order valence-corrected chi connectivity index (χ2v) is 8.65. The number of benzene rings is 1. The monoisotopic (exact) mass is 484 g/mol. The highest BCUT2D eigenvalue weighted by atomic mass is 35.5. The maximum Gasteiger partial charge on any atom is 0.338 e. The van der Waals surface area contributed by atoms with Gasteiger partial charge in [0.15, 0.2) is 5.16 Å². The predicted molar refractivity (Wildman–Crippen MR) is 127 cm³/mol. The number of carbonyl (C=O) groups is 1. The van der Waals surface area contributed by atoms with Gasteiger partial charge in [-0.15, -0.1) is 0 Å². The number of oxazole rings is 1. The van der Waals surface area contributed by atoms with Crippen molar-refractivity contribution in [3.63, 3.8) is 0 Å². The van der Waals surface area contributed by atoms with Crippen LogP contribution < -0.4 is 5.56 Å². The van der Waals surface area contributed by atoms with E-state index in [1.807, 2.05) is 30.5 Å². The van der Waals surface area contributed by atoms with E-state index in [0.717, 1.165) is 11.3 Å². The number of halogens is 1. The minimum absolute atomic E-state index is 0.152. The summed E-state index contributed by atoms with van der Waals surface area (Å²) in [5, 5.41) is 1.23. The third kappa shape index (κ3) is 4.51. The van der Waals surface area contributed by atoms with E-state index in [1.54, 1.807) is 25.1 Å². The SMILES string of the molecule is CCn1c(SCc2nc(-c3cccc(Cl)c3)oc2C)nc(=O)c2c(C(=O)OC)cc(C)nc21. The first-order chi connectivity index (χ1) is 15.8. The van der Waals surface area contributed by atoms with Crippen LogP contribution in [0.1, 0.15) is 34.4 Å². The molecule has 1 aromatic carbocycles. The molecule has 4 rings (SSSR count). The molecular weight excluding hydrogens is 464 g/mol. The molecule has 0 spiro atoms. The van der Waals surface area contributed by atoms with Crippen molar-refractivity contribution in [2.45, 2.75) is 38.2 Å². The third-order valence-corrected chi connectivity index (χ3v) is 6.27. The number of esters is 1. The van der Waals surface area contributed by atoms with Gasteiger partial charge in [0, 0.05) is 28.6 Å². The van der Waals surface area contributed by atoms with Crippen LogP contribution in [0.4, 0.5) is 0 Å². The molecule has 0 aliphatic carbocycles. The lowest BCUT2D eigenvalue weighted by Gasteiger charge is -2.14. The molecule has 0 saturated carbocycles. The zero-order chi connectivity index (χ0) is 23.7. The maximum atomic E-state index is 12.9. The molecule has 4 aromatic rings. The molecule has 0 bridgehead atoms. The van der Waals surface area contributed by atoms with Crippen molar-refractivity contribution in [2.75, 3.05) is 7.11 Å². The summed E-state index contributed by atoms with van der Waals surface area (Å²) in [6, 6.07) is 8.83. The number of rotatable bonds is 6. The molecule has 0 aliphatic rings. The van der Waals surface area contributed by atoms with Crippen LogP contribution in [-0.2, 0) is 17.0 Å². The number of aryl methyl sites for hydroxylation is 3. The highest BCUT2D eigenvalue weighted by Gasteiger charge is 2.21. The van der Waals surface area contributed by atoms with Crippen LogP contribution in [0.5, 0.6) is 0 Å². The molecule has 0 N–H and O–H groups in total. The van der Waals surface area contributed by atoms with Crippen molar-refractivity contribution in [2.24, 2.45) is 0 Å². The van der Waals surface area contributed by atoms with Crippen molar-refractivity contribution in [1.82, 2.24) is 19.5 Å². The molecule has 0 radical (unpaired) electrons. The molecule has 33 heavy (non-hydrogen) atoms. The molecule has 8 nitrogen and oxygen atoms in total. The maximum absolute atomic E-state index is 12.9. The van der Waals surface area contributed by atoms with Crippen LogP contribution in [0.15, 0.2) is 44.7 Å². The number of thioether (sulfide) groups is 1. The van der Waals surface area contributed by atoms with Gasteiger partial charge < -0.3 is 13.7 Å². The lowest BCUT2D eigenvalue weighted by atomic mass is 10.1. The van der Waals surface area contributed by atoms with E-state index in [4.69, 9.17) is 20.8 Å². The van der Waals surface area contributed by atoms with Gasteiger partial charge in [-0.1, -0.05) is 29.4 Å². The Balaban J connectivity index is 1.72. The Morgan fingerprint density at radius 3 is 2.70 bits per heavy atom. The lowest BCUT2D eigenvalue weighted by molar-refractivity contribution is 0.0602. The molecule has 0 aliphatic heterocycles. The van der Waals surface area contributed by atoms with E-state index in [1.165, 1.54) is 18.9 Å². The van der Waals surface area contributed by atoms with Crippen molar-refractivity contribution in [1.29, 1.82) is 0 Å². The van der Waals surface area contributed by atoms with E-state index < -0.39 is 11.5 Å². The Hall–Kier alpha value is -3.17. The molecule has 0 fully saturated rings. The lowest BCUT2D eigenvalue weighted by Crippen LogP contribution is -2.20. The van der Waals surface area contributed by atoms with Crippen LogP contribution in [-0.4, -0.2) is 32.6 Å². The minimum atomic E-state index is -0.598. The second-order valence-electron chi connectivity index (χ2n) is 7.27. The fourth-order valence-corrected chi connectivity index (χ4v) is 4.71. The molecule has 3 aromatic heterocycles. The van der Waals surface area contributed by atoms with Crippen LogP contribution in [0, 0.1) is 13.8 Å². The van der Waals surface area contributed by atoms with E-state index in [9.17, 15) is 9.59 Å². The number of nitrogens with zero attached hydrogens (tertiary/aromatic N) is 4. The number of fused-ring (bicyclic) bond motifs is 1. The number of ether oxygens (including phenoxy) is 1. The Morgan fingerprint density at radius 2 is 2.00 bits per heavy atom. The summed E-state index contributed by atoms with van der Waals surface area (Å²) in [5.74, 6) is 0.985. The topological polar surface area (TPSA) is 100 Å². The average Bonchev–Trinajstić information content (AvgIpc) is 3.17. The molecule has 0 amide bonds. The first-order valence-corrected chi connectivity index (χ1v) is 11.5. The summed E-state index contributed by atoms with van der Waals surface area (Å²) in [4.78, 5) is 38.5. The highest BCUT2D eigenvalue weighted by molar-refractivity contribution is 7.98. The smallest absolute Gasteiger partial charge is 0.338 e. The predicted octanol–water partition coefficient (Wildman–Crippen LogP) is 4.82. The first-order valence-electron chi connectivity index (χ1n) is 10.2. The zero-order valence-corrected chi connectivity index (χ0v) is 20.1. The Morgan fingerprint density at radius 1 is 1.21 bits per heavy atom. The summed E-state index contributed by atoms with van der Waals surface area (Å²) in [6.07, 6.45) is 0. The van der Waals surface area contributed by atoms with Crippen LogP contribution >= 0.6 is 23.4 Å². The molecule has 3 heterocycles. The van der Waals surface area contributed by atoms with Crippen molar-refractivity contribution >= 4 is 40.4 Å². The quantitative estimate of drug-likeness (QED) is 0.218. The van der Waals surface area contributed by atoms with E-state index >= 15 is 0 Å². The van der Waals surface area contributed by atoms with Gasteiger partial charge in [-0.05, 0) is 45.0 Å².